The van der Waals surface area contributed by atoms with Gasteiger partial charge in [-0.05, 0) is 11.1 Å². The predicted molar refractivity (Wildman–Crippen MR) is 117 cm³/mol. The third kappa shape index (κ3) is 4.75. The minimum absolute atomic E-state index is 0.243. The van der Waals surface area contributed by atoms with Crippen molar-refractivity contribution in [2.45, 2.75) is 43.0 Å². The number of benzene rings is 2. The van der Waals surface area contributed by atoms with Crippen molar-refractivity contribution in [2.24, 2.45) is 4.99 Å². The molecular formula is C23H26N2O4S. The van der Waals surface area contributed by atoms with Gasteiger partial charge in [0.2, 0.25) is 0 Å². The van der Waals surface area contributed by atoms with Crippen molar-refractivity contribution in [2.75, 3.05) is 14.1 Å². The van der Waals surface area contributed by atoms with Crippen LogP contribution in [0.4, 0.5) is 0 Å². The molecule has 0 N–H and O–H groups in total. The number of aliphatic imine (C=N–C) groups is 1. The van der Waals surface area contributed by atoms with E-state index in [9.17, 15) is 4.79 Å². The summed E-state index contributed by atoms with van der Waals surface area (Å²) in [5, 5.41) is 0.867. The monoisotopic (exact) mass is 426 g/mol. The van der Waals surface area contributed by atoms with E-state index in [1.807, 2.05) is 79.7 Å². The highest BCUT2D eigenvalue weighted by Crippen LogP contribution is 2.39. The summed E-state index contributed by atoms with van der Waals surface area (Å²) in [6, 6.07) is 19.6. The Hall–Kier alpha value is -2.19. The number of hydrogen-bond donors (Lipinski definition) is 0. The summed E-state index contributed by atoms with van der Waals surface area (Å²) >= 11 is 1.52. The minimum atomic E-state index is -0.708. The number of carbonyl (C=O) groups is 1. The fourth-order valence-electron chi connectivity index (χ4n) is 3.59. The van der Waals surface area contributed by atoms with Crippen LogP contribution in [0.5, 0.6) is 0 Å². The molecule has 5 atom stereocenters. The Labute approximate surface area is 181 Å². The molecule has 1 saturated heterocycles. The van der Waals surface area contributed by atoms with Gasteiger partial charge in [0.15, 0.2) is 11.5 Å². The normalized spacial score (nSPS) is 27.9. The number of hydrogen-bond acceptors (Lipinski definition) is 7. The first-order valence-corrected chi connectivity index (χ1v) is 10.9. The molecule has 158 valence electrons. The number of thioether (sulfide) groups is 1. The molecule has 2 aliphatic rings. The maximum atomic E-state index is 11.9. The molecule has 0 radical (unpaired) electrons. The van der Waals surface area contributed by atoms with E-state index in [1.54, 1.807) is 0 Å². The topological polar surface area (TPSA) is 60.4 Å². The van der Waals surface area contributed by atoms with Gasteiger partial charge in [0.25, 0.3) is 0 Å². The highest BCUT2D eigenvalue weighted by Gasteiger charge is 2.51. The maximum Gasteiger partial charge on any atom is 0.161 e. The van der Waals surface area contributed by atoms with Crippen LogP contribution in [0.25, 0.3) is 0 Å². The number of fused-ring (bicyclic) bond motifs is 1. The van der Waals surface area contributed by atoms with Crippen molar-refractivity contribution in [3.63, 3.8) is 0 Å². The molecule has 5 unspecified atom stereocenters. The van der Waals surface area contributed by atoms with Crippen LogP contribution in [0.1, 0.15) is 11.1 Å². The second kappa shape index (κ2) is 9.75. The van der Waals surface area contributed by atoms with Crippen molar-refractivity contribution >= 4 is 23.2 Å². The van der Waals surface area contributed by atoms with E-state index in [0.29, 0.717) is 13.2 Å². The van der Waals surface area contributed by atoms with Crippen LogP contribution < -0.4 is 0 Å². The van der Waals surface area contributed by atoms with Crippen LogP contribution in [0.3, 0.4) is 0 Å². The summed E-state index contributed by atoms with van der Waals surface area (Å²) in [6.45, 7) is 0.794. The first kappa shape index (κ1) is 21.1. The standard InChI is InChI=1S/C23H26N2O4S/c1-25(2)23-24-19-21(28-15-17-11-7-4-8-12-17)20(18(13-26)29-22(19)30-23)27-14-16-9-5-3-6-10-16/h3-13,18-22H,14-15H2,1-2H3. The van der Waals surface area contributed by atoms with E-state index in [4.69, 9.17) is 19.2 Å². The summed E-state index contributed by atoms with van der Waals surface area (Å²) in [5.74, 6) is 0. The quantitative estimate of drug-likeness (QED) is 0.634. The first-order valence-electron chi connectivity index (χ1n) is 9.99. The zero-order valence-electron chi connectivity index (χ0n) is 17.1. The summed E-state index contributed by atoms with van der Waals surface area (Å²) in [6.07, 6.45) is -0.829. The lowest BCUT2D eigenvalue weighted by Crippen LogP contribution is -2.57. The Bertz CT molecular complexity index is 862. The van der Waals surface area contributed by atoms with E-state index in [2.05, 4.69) is 0 Å². The molecule has 0 bridgehead atoms. The van der Waals surface area contributed by atoms with Crippen LogP contribution in [0.15, 0.2) is 65.7 Å². The van der Waals surface area contributed by atoms with Gasteiger partial charge in [-0.1, -0.05) is 72.4 Å². The molecule has 2 aliphatic heterocycles. The Morgan fingerprint density at radius 3 is 2.07 bits per heavy atom. The highest BCUT2D eigenvalue weighted by molar-refractivity contribution is 8.14. The molecule has 0 amide bonds. The number of nitrogens with zero attached hydrogens (tertiary/aromatic N) is 2. The molecule has 6 nitrogen and oxygen atoms in total. The van der Waals surface area contributed by atoms with Crippen molar-refractivity contribution < 1.29 is 19.0 Å². The Morgan fingerprint density at radius 2 is 1.53 bits per heavy atom. The molecule has 4 rings (SSSR count). The van der Waals surface area contributed by atoms with Gasteiger partial charge in [0.05, 0.1) is 13.2 Å². The second-order valence-electron chi connectivity index (χ2n) is 7.54. The zero-order chi connectivity index (χ0) is 20.9. The lowest BCUT2D eigenvalue weighted by molar-refractivity contribution is -0.193. The number of amidine groups is 1. The lowest BCUT2D eigenvalue weighted by Gasteiger charge is -2.40. The van der Waals surface area contributed by atoms with Crippen LogP contribution in [0.2, 0.25) is 0 Å². The summed E-state index contributed by atoms with van der Waals surface area (Å²) in [7, 11) is 3.90. The Balaban J connectivity index is 1.56. The van der Waals surface area contributed by atoms with Gasteiger partial charge in [0, 0.05) is 14.1 Å². The minimum Gasteiger partial charge on any atom is -0.368 e. The van der Waals surface area contributed by atoms with E-state index in [0.717, 1.165) is 22.6 Å². The molecular weight excluding hydrogens is 400 g/mol. The number of carbonyl (C=O) groups excluding carboxylic acids is 1. The van der Waals surface area contributed by atoms with E-state index in [1.165, 1.54) is 11.8 Å². The molecule has 1 fully saturated rings. The van der Waals surface area contributed by atoms with Crippen LogP contribution in [-0.2, 0) is 32.2 Å². The Kier molecular flexibility index (Phi) is 6.84. The van der Waals surface area contributed by atoms with Gasteiger partial charge in [-0.3, -0.25) is 4.99 Å². The van der Waals surface area contributed by atoms with Gasteiger partial charge in [0.1, 0.15) is 29.8 Å². The second-order valence-corrected chi connectivity index (χ2v) is 8.61. The molecule has 0 aliphatic carbocycles. The van der Waals surface area contributed by atoms with Crippen molar-refractivity contribution in [3.8, 4) is 0 Å². The van der Waals surface area contributed by atoms with Gasteiger partial charge < -0.3 is 23.9 Å². The SMILES string of the molecule is CN(C)C1=NC2C(OC(C=O)C(OCc3ccccc3)C2OCc2ccccc2)S1. The number of rotatable bonds is 7. The average molecular weight is 427 g/mol. The summed E-state index contributed by atoms with van der Waals surface area (Å²) in [5.41, 5.74) is 1.83. The third-order valence-electron chi connectivity index (χ3n) is 5.12. The fourth-order valence-corrected chi connectivity index (χ4v) is 4.73. The average Bonchev–Trinajstić information content (AvgIpc) is 3.21. The lowest BCUT2D eigenvalue weighted by atomic mass is 9.98. The molecule has 0 saturated carbocycles. The smallest absolute Gasteiger partial charge is 0.161 e. The number of ether oxygens (including phenoxy) is 3. The van der Waals surface area contributed by atoms with Crippen LogP contribution in [-0.4, -0.2) is 60.2 Å². The van der Waals surface area contributed by atoms with Crippen LogP contribution in [0, 0.1) is 0 Å². The van der Waals surface area contributed by atoms with Crippen molar-refractivity contribution in [1.82, 2.24) is 4.90 Å². The number of aldehydes is 1. The van der Waals surface area contributed by atoms with E-state index in [-0.39, 0.29) is 11.5 Å². The molecule has 30 heavy (non-hydrogen) atoms. The molecule has 0 spiro atoms. The van der Waals surface area contributed by atoms with Gasteiger partial charge in [-0.2, -0.15) is 0 Å². The molecule has 2 aromatic carbocycles. The van der Waals surface area contributed by atoms with Gasteiger partial charge >= 0.3 is 0 Å². The largest absolute Gasteiger partial charge is 0.368 e. The zero-order valence-corrected chi connectivity index (χ0v) is 17.9. The van der Waals surface area contributed by atoms with Crippen molar-refractivity contribution in [3.05, 3.63) is 71.8 Å². The first-order chi connectivity index (χ1) is 14.7. The summed E-state index contributed by atoms with van der Waals surface area (Å²) < 4.78 is 18.6. The molecule has 7 heteroatoms. The molecule has 0 aromatic heterocycles. The molecule has 2 heterocycles. The summed E-state index contributed by atoms with van der Waals surface area (Å²) in [4.78, 5) is 18.7. The van der Waals surface area contributed by atoms with E-state index >= 15 is 0 Å². The van der Waals surface area contributed by atoms with Gasteiger partial charge in [-0.15, -0.1) is 0 Å². The molecule has 2 aromatic rings. The maximum absolute atomic E-state index is 11.9. The fraction of sp³-hybridized carbons (Fsp3) is 0.391. The van der Waals surface area contributed by atoms with Crippen LogP contribution >= 0.6 is 11.8 Å². The van der Waals surface area contributed by atoms with E-state index < -0.39 is 18.3 Å². The third-order valence-corrected chi connectivity index (χ3v) is 6.43. The highest BCUT2D eigenvalue weighted by atomic mass is 32.2. The Morgan fingerprint density at radius 1 is 0.967 bits per heavy atom. The van der Waals surface area contributed by atoms with Crippen molar-refractivity contribution in [1.29, 1.82) is 0 Å². The predicted octanol–water partition coefficient (Wildman–Crippen LogP) is 3.11. The van der Waals surface area contributed by atoms with Gasteiger partial charge in [-0.25, -0.2) is 0 Å².